The van der Waals surface area contributed by atoms with Gasteiger partial charge in [0, 0.05) is 29.4 Å². The van der Waals surface area contributed by atoms with Crippen LogP contribution in [0.4, 0.5) is 21.6 Å². The molecule has 2 saturated heterocycles. The van der Waals surface area contributed by atoms with Crippen molar-refractivity contribution in [1.29, 1.82) is 0 Å². The molecule has 33 heavy (non-hydrogen) atoms. The van der Waals surface area contributed by atoms with Crippen LogP contribution in [0.25, 0.3) is 10.9 Å². The Morgan fingerprint density at radius 1 is 1.18 bits per heavy atom. The summed E-state index contributed by atoms with van der Waals surface area (Å²) < 4.78 is 30.3. The van der Waals surface area contributed by atoms with Gasteiger partial charge in [-0.2, -0.15) is 0 Å². The molecule has 0 spiro atoms. The van der Waals surface area contributed by atoms with E-state index in [0.717, 1.165) is 52.9 Å². The van der Waals surface area contributed by atoms with E-state index in [-0.39, 0.29) is 28.7 Å². The SMILES string of the molecule is Cc1cc(N=S2CCC(O)CC2)cc2ncnc(Nc3ccc(F)cc3O[C@H]3CCOC3)c12. The summed E-state index contributed by atoms with van der Waals surface area (Å²) in [5.74, 6) is 2.55. The molecule has 1 aromatic heterocycles. The summed E-state index contributed by atoms with van der Waals surface area (Å²) in [7, 11) is -0.0688. The quantitative estimate of drug-likeness (QED) is 0.568. The first-order chi connectivity index (χ1) is 16.0. The summed E-state index contributed by atoms with van der Waals surface area (Å²) in [6, 6.07) is 8.47. The zero-order valence-corrected chi connectivity index (χ0v) is 19.3. The highest BCUT2D eigenvalue weighted by atomic mass is 32.2. The number of halogens is 1. The molecular weight excluding hydrogens is 443 g/mol. The van der Waals surface area contributed by atoms with E-state index < -0.39 is 0 Å². The van der Waals surface area contributed by atoms with Gasteiger partial charge in [-0.15, -0.1) is 0 Å². The molecule has 2 aliphatic heterocycles. The number of benzene rings is 2. The molecule has 174 valence electrons. The van der Waals surface area contributed by atoms with Crippen molar-refractivity contribution in [1.82, 2.24) is 9.97 Å². The summed E-state index contributed by atoms with van der Waals surface area (Å²) in [6.45, 7) is 3.16. The Kier molecular flexibility index (Phi) is 6.52. The number of rotatable bonds is 5. The number of anilines is 2. The van der Waals surface area contributed by atoms with Crippen LogP contribution < -0.4 is 10.1 Å². The molecule has 1 atom stereocenters. The Morgan fingerprint density at radius 2 is 2.03 bits per heavy atom. The third-order valence-electron chi connectivity index (χ3n) is 5.91. The van der Waals surface area contributed by atoms with E-state index in [9.17, 15) is 9.50 Å². The minimum Gasteiger partial charge on any atom is -0.486 e. The molecule has 5 rings (SSSR count). The standard InChI is InChI=1S/C24H27FN4O3S/c1-15-10-17(29-33-8-5-18(30)6-9-33)12-21-23(15)24(27-14-26-21)28-20-3-2-16(25)11-22(20)32-19-4-7-31-13-19/h2-3,10-12,14,18-19,30H,4-9,13H2,1H3,(H,26,27,28)/t18?,19-,33?/m0/s1. The number of aliphatic hydroxyl groups excluding tert-OH is 1. The summed E-state index contributed by atoms with van der Waals surface area (Å²) >= 11 is 0. The number of aryl methyl sites for hydroxylation is 1. The van der Waals surface area contributed by atoms with Crippen LogP contribution >= 0.6 is 0 Å². The normalized spacial score (nSPS) is 22.9. The third kappa shape index (κ3) is 5.15. The van der Waals surface area contributed by atoms with E-state index in [4.69, 9.17) is 13.8 Å². The average molecular weight is 471 g/mol. The second-order valence-corrected chi connectivity index (χ2v) is 10.4. The van der Waals surface area contributed by atoms with Crippen LogP contribution in [-0.4, -0.2) is 52.0 Å². The number of hydrogen-bond donors (Lipinski definition) is 2. The lowest BCUT2D eigenvalue weighted by molar-refractivity contribution is 0.141. The summed E-state index contributed by atoms with van der Waals surface area (Å²) in [5.41, 5.74) is 3.33. The first-order valence-electron chi connectivity index (χ1n) is 11.2. The van der Waals surface area contributed by atoms with Gasteiger partial charge in [-0.25, -0.2) is 18.7 Å². The van der Waals surface area contributed by atoms with Gasteiger partial charge in [-0.1, -0.05) is 10.7 Å². The highest BCUT2D eigenvalue weighted by Gasteiger charge is 2.20. The molecule has 0 radical (unpaired) electrons. The molecule has 3 aromatic rings. The fraction of sp³-hybridized carbons (Fsp3) is 0.417. The first kappa shape index (κ1) is 22.2. The number of nitrogens with zero attached hydrogens (tertiary/aromatic N) is 3. The predicted octanol–water partition coefficient (Wildman–Crippen LogP) is 4.58. The zero-order valence-electron chi connectivity index (χ0n) is 18.5. The summed E-state index contributed by atoms with van der Waals surface area (Å²) in [4.78, 5) is 8.93. The first-order valence-corrected chi connectivity index (χ1v) is 12.7. The van der Waals surface area contributed by atoms with Gasteiger partial charge in [-0.05, 0) is 49.6 Å². The van der Waals surface area contributed by atoms with Crippen molar-refractivity contribution in [3.63, 3.8) is 0 Å². The van der Waals surface area contributed by atoms with Gasteiger partial charge >= 0.3 is 0 Å². The van der Waals surface area contributed by atoms with Crippen LogP contribution in [-0.2, 0) is 15.4 Å². The van der Waals surface area contributed by atoms with Crippen molar-refractivity contribution in [2.75, 3.05) is 30.0 Å². The van der Waals surface area contributed by atoms with Crippen LogP contribution in [0.3, 0.4) is 0 Å². The van der Waals surface area contributed by atoms with Gasteiger partial charge in [0.15, 0.2) is 0 Å². The van der Waals surface area contributed by atoms with Gasteiger partial charge in [-0.3, -0.25) is 0 Å². The molecule has 0 saturated carbocycles. The highest BCUT2D eigenvalue weighted by Crippen LogP contribution is 2.34. The fourth-order valence-electron chi connectivity index (χ4n) is 4.16. The third-order valence-corrected chi connectivity index (χ3v) is 7.79. The van der Waals surface area contributed by atoms with Gasteiger partial charge in [0.25, 0.3) is 0 Å². The van der Waals surface area contributed by atoms with Crippen molar-refractivity contribution < 1.29 is 19.0 Å². The molecule has 0 amide bonds. The van der Waals surface area contributed by atoms with Crippen LogP contribution in [0.2, 0.25) is 0 Å². The van der Waals surface area contributed by atoms with E-state index in [1.807, 2.05) is 19.1 Å². The van der Waals surface area contributed by atoms with E-state index in [0.29, 0.717) is 30.5 Å². The molecule has 2 aliphatic rings. The Morgan fingerprint density at radius 3 is 2.82 bits per heavy atom. The smallest absolute Gasteiger partial charge is 0.146 e. The lowest BCUT2D eigenvalue weighted by Gasteiger charge is -2.19. The molecule has 2 N–H and O–H groups in total. The summed E-state index contributed by atoms with van der Waals surface area (Å²) in [5, 5.41) is 14.0. The van der Waals surface area contributed by atoms with Crippen LogP contribution in [0.1, 0.15) is 24.8 Å². The van der Waals surface area contributed by atoms with Crippen molar-refractivity contribution in [2.45, 2.75) is 38.4 Å². The molecule has 0 aliphatic carbocycles. The van der Waals surface area contributed by atoms with Crippen LogP contribution in [0.15, 0.2) is 41.0 Å². The monoisotopic (exact) mass is 470 g/mol. The summed E-state index contributed by atoms with van der Waals surface area (Å²) in [6.07, 6.45) is 3.63. The Bertz CT molecular complexity index is 1190. The molecular formula is C24H27FN4O3S. The number of ether oxygens (including phenoxy) is 2. The van der Waals surface area contributed by atoms with Crippen molar-refractivity contribution in [3.05, 3.63) is 48.0 Å². The lowest BCUT2D eigenvalue weighted by Crippen LogP contribution is -2.21. The lowest BCUT2D eigenvalue weighted by atomic mass is 10.1. The maximum absolute atomic E-state index is 13.9. The second-order valence-electron chi connectivity index (χ2n) is 8.44. The maximum Gasteiger partial charge on any atom is 0.146 e. The van der Waals surface area contributed by atoms with Gasteiger partial charge in [0.2, 0.25) is 0 Å². The second kappa shape index (κ2) is 9.70. The number of nitrogens with one attached hydrogen (secondary N) is 1. The number of fused-ring (bicyclic) bond motifs is 1. The topological polar surface area (TPSA) is 88.9 Å². The Balaban J connectivity index is 1.45. The minimum absolute atomic E-state index is 0.0688. The van der Waals surface area contributed by atoms with Crippen molar-refractivity contribution in [2.24, 2.45) is 4.36 Å². The molecule has 3 heterocycles. The maximum atomic E-state index is 13.9. The van der Waals surface area contributed by atoms with Crippen molar-refractivity contribution >= 4 is 38.8 Å². The van der Waals surface area contributed by atoms with E-state index in [2.05, 4.69) is 15.3 Å². The van der Waals surface area contributed by atoms with Gasteiger partial charge in [0.1, 0.15) is 29.8 Å². The minimum atomic E-state index is -0.361. The average Bonchev–Trinajstić information content (AvgIpc) is 3.30. The van der Waals surface area contributed by atoms with E-state index >= 15 is 0 Å². The molecule has 2 fully saturated rings. The molecule has 0 unspecified atom stereocenters. The number of hydrogen-bond acceptors (Lipinski definition) is 7. The molecule has 2 aromatic carbocycles. The van der Waals surface area contributed by atoms with Crippen LogP contribution in [0, 0.1) is 12.7 Å². The highest BCUT2D eigenvalue weighted by molar-refractivity contribution is 7.87. The number of aliphatic hydroxyl groups is 1. The van der Waals surface area contributed by atoms with Gasteiger partial charge < -0.3 is 19.9 Å². The Hall–Kier alpha value is -2.62. The fourth-order valence-corrected chi connectivity index (χ4v) is 6.04. The largest absolute Gasteiger partial charge is 0.486 e. The molecule has 7 nitrogen and oxygen atoms in total. The molecule has 9 heteroatoms. The molecule has 0 bridgehead atoms. The predicted molar refractivity (Wildman–Crippen MR) is 128 cm³/mol. The Labute approximate surface area is 194 Å². The zero-order chi connectivity index (χ0) is 22.8. The van der Waals surface area contributed by atoms with Crippen LogP contribution in [0.5, 0.6) is 5.75 Å². The van der Waals surface area contributed by atoms with Gasteiger partial charge in [0.05, 0.1) is 36.2 Å². The van der Waals surface area contributed by atoms with Crippen molar-refractivity contribution in [3.8, 4) is 5.75 Å². The van der Waals surface area contributed by atoms with E-state index in [1.165, 1.54) is 18.5 Å². The number of aromatic nitrogens is 2. The van der Waals surface area contributed by atoms with E-state index in [1.54, 1.807) is 6.07 Å².